The van der Waals surface area contributed by atoms with E-state index in [1.54, 1.807) is 23.3 Å². The van der Waals surface area contributed by atoms with Crippen LogP contribution in [0.25, 0.3) is 0 Å². The summed E-state index contributed by atoms with van der Waals surface area (Å²) in [4.78, 5) is 21.2. The lowest BCUT2D eigenvalue weighted by Crippen LogP contribution is -2.25. The second kappa shape index (κ2) is 10.4. The zero-order valence-corrected chi connectivity index (χ0v) is 19.2. The van der Waals surface area contributed by atoms with Gasteiger partial charge in [-0.2, -0.15) is 0 Å². The first-order valence-electron chi connectivity index (χ1n) is 11.9. The summed E-state index contributed by atoms with van der Waals surface area (Å²) >= 11 is 0. The Morgan fingerprint density at radius 2 is 1.74 bits per heavy atom. The van der Waals surface area contributed by atoms with Gasteiger partial charge in [-0.05, 0) is 66.8 Å². The number of rotatable bonds is 9. The molecule has 1 saturated heterocycles. The van der Waals surface area contributed by atoms with Crippen LogP contribution < -0.4 is 9.47 Å². The number of aromatic nitrogens is 1. The number of benzene rings is 2. The van der Waals surface area contributed by atoms with Gasteiger partial charge in [0, 0.05) is 6.07 Å². The van der Waals surface area contributed by atoms with E-state index in [9.17, 15) is 14.3 Å². The Bertz CT molecular complexity index is 1150. The van der Waals surface area contributed by atoms with Crippen molar-refractivity contribution in [2.24, 2.45) is 5.92 Å². The Kier molecular flexibility index (Phi) is 6.92. The fraction of sp³-hybridized carbons (Fsp3) is 0.333. The number of carboxylic acid groups (broad SMARTS) is 1. The molecule has 0 spiro atoms. The van der Waals surface area contributed by atoms with Crippen molar-refractivity contribution in [3.05, 3.63) is 83.8 Å². The first kappa shape index (κ1) is 23.3. The van der Waals surface area contributed by atoms with E-state index in [0.29, 0.717) is 29.0 Å². The molecular weight excluding hydrogens is 451 g/mol. The van der Waals surface area contributed by atoms with Crippen LogP contribution in [0.2, 0.25) is 0 Å². The van der Waals surface area contributed by atoms with Crippen LogP contribution >= 0.6 is 0 Å². The maximum Gasteiger partial charge on any atom is 0.352 e. The molecule has 2 aliphatic rings. The zero-order valence-electron chi connectivity index (χ0n) is 19.2. The van der Waals surface area contributed by atoms with Gasteiger partial charge in [-0.1, -0.05) is 37.5 Å². The van der Waals surface area contributed by atoms with Gasteiger partial charge in [0.25, 0.3) is 6.23 Å². The van der Waals surface area contributed by atoms with Crippen LogP contribution in [0.4, 0.5) is 4.39 Å². The minimum Gasteiger partial charge on any atom is -0.487 e. The number of hydrogen-bond acceptors (Lipinski definition) is 6. The minimum atomic E-state index is -0.955. The van der Waals surface area contributed by atoms with Crippen LogP contribution in [0.5, 0.6) is 17.4 Å². The van der Waals surface area contributed by atoms with Crippen molar-refractivity contribution in [2.75, 3.05) is 0 Å². The quantitative estimate of drug-likeness (QED) is 0.385. The number of ether oxygens (including phenoxy) is 2. The van der Waals surface area contributed by atoms with Gasteiger partial charge in [-0.25, -0.2) is 14.2 Å². The summed E-state index contributed by atoms with van der Waals surface area (Å²) in [6.07, 6.45) is 4.81. The number of aliphatic carboxylic acids is 1. The standard InChI is InChI=1S/C27H27FN2O5/c28-20-11-15-23(16-12-20)34-24-8-4-7-21(29-24)17-33-22-13-9-19(10-14-22)25(18-5-2-1-3-6-18)30-26(35-30)27(31)32/h4,7-16,18,25-26H,1-3,5-6,17H2,(H,31,32)/t25?,26-,30?/m1/s1. The molecule has 1 N–H and O–H groups in total. The molecule has 3 atom stereocenters. The van der Waals surface area contributed by atoms with E-state index in [1.807, 2.05) is 36.4 Å². The lowest BCUT2D eigenvalue weighted by molar-refractivity contribution is -0.138. The topological polar surface area (TPSA) is 84.2 Å². The SMILES string of the molecule is O=C(O)[C@H]1ON1C(c1ccc(OCc2cccc(Oc3ccc(F)cc3)n2)cc1)C1CCCCC1. The first-order valence-corrected chi connectivity index (χ1v) is 11.9. The molecule has 2 heterocycles. The third kappa shape index (κ3) is 5.78. The molecule has 2 unspecified atom stereocenters. The third-order valence-electron chi connectivity index (χ3n) is 6.41. The summed E-state index contributed by atoms with van der Waals surface area (Å²) in [6, 6.07) is 18.8. The van der Waals surface area contributed by atoms with Gasteiger partial charge in [-0.3, -0.25) is 4.84 Å². The van der Waals surface area contributed by atoms with Crippen LogP contribution in [-0.2, 0) is 16.2 Å². The highest BCUT2D eigenvalue weighted by Gasteiger charge is 2.50. The molecule has 7 nitrogen and oxygen atoms in total. The fourth-order valence-corrected chi connectivity index (χ4v) is 4.67. The highest BCUT2D eigenvalue weighted by atomic mass is 19.1. The van der Waals surface area contributed by atoms with E-state index in [2.05, 4.69) is 4.98 Å². The average Bonchev–Trinajstić information content (AvgIpc) is 3.67. The van der Waals surface area contributed by atoms with E-state index < -0.39 is 12.2 Å². The van der Waals surface area contributed by atoms with E-state index in [0.717, 1.165) is 31.2 Å². The molecule has 0 radical (unpaired) electrons. The molecule has 1 aliphatic heterocycles. The first-order chi connectivity index (χ1) is 17.1. The number of hydroxylamine groups is 2. The predicted octanol–water partition coefficient (Wildman–Crippen LogP) is 5.87. The summed E-state index contributed by atoms with van der Waals surface area (Å²) in [7, 11) is 0. The molecule has 8 heteroatoms. The highest BCUT2D eigenvalue weighted by molar-refractivity contribution is 5.73. The second-order valence-corrected chi connectivity index (χ2v) is 8.88. The number of carbonyl (C=O) groups is 1. The van der Waals surface area contributed by atoms with E-state index in [-0.39, 0.29) is 18.5 Å². The Morgan fingerprint density at radius 3 is 2.43 bits per heavy atom. The van der Waals surface area contributed by atoms with E-state index >= 15 is 0 Å². The van der Waals surface area contributed by atoms with Gasteiger partial charge < -0.3 is 14.6 Å². The summed E-state index contributed by atoms with van der Waals surface area (Å²) in [6.45, 7) is 0.252. The van der Waals surface area contributed by atoms with Gasteiger partial charge in [0.15, 0.2) is 0 Å². The molecule has 2 fully saturated rings. The smallest absolute Gasteiger partial charge is 0.352 e. The van der Waals surface area contributed by atoms with Gasteiger partial charge in [0.1, 0.15) is 23.9 Å². The molecule has 1 saturated carbocycles. The van der Waals surface area contributed by atoms with Crippen molar-refractivity contribution in [3.8, 4) is 17.4 Å². The van der Waals surface area contributed by atoms with E-state index in [1.165, 1.54) is 18.6 Å². The summed E-state index contributed by atoms with van der Waals surface area (Å²) in [5.41, 5.74) is 1.72. The van der Waals surface area contributed by atoms with Gasteiger partial charge in [0.05, 0.1) is 11.7 Å². The van der Waals surface area contributed by atoms with Crippen LogP contribution in [0.3, 0.4) is 0 Å². The summed E-state index contributed by atoms with van der Waals surface area (Å²) in [5.74, 6) is 0.670. The maximum absolute atomic E-state index is 13.1. The molecule has 1 aliphatic carbocycles. The molecule has 5 rings (SSSR count). The molecule has 0 amide bonds. The van der Waals surface area contributed by atoms with Crippen molar-refractivity contribution in [2.45, 2.75) is 51.0 Å². The normalized spacial score (nSPS) is 20.7. The Balaban J connectivity index is 1.22. The lowest BCUT2D eigenvalue weighted by atomic mass is 9.81. The summed E-state index contributed by atoms with van der Waals surface area (Å²) in [5, 5.41) is 11.0. The van der Waals surface area contributed by atoms with Crippen molar-refractivity contribution in [3.63, 3.8) is 0 Å². The molecule has 35 heavy (non-hydrogen) atoms. The third-order valence-corrected chi connectivity index (χ3v) is 6.41. The summed E-state index contributed by atoms with van der Waals surface area (Å²) < 4.78 is 24.7. The highest BCUT2D eigenvalue weighted by Crippen LogP contribution is 2.44. The maximum atomic E-state index is 13.1. The molecule has 2 aromatic carbocycles. The van der Waals surface area contributed by atoms with Gasteiger partial charge >= 0.3 is 5.97 Å². The van der Waals surface area contributed by atoms with Crippen LogP contribution in [0, 0.1) is 11.7 Å². The number of nitrogens with zero attached hydrogens (tertiary/aromatic N) is 2. The number of pyridine rings is 1. The average molecular weight is 479 g/mol. The Hall–Kier alpha value is -3.49. The van der Waals surface area contributed by atoms with Gasteiger partial charge in [-0.15, -0.1) is 5.06 Å². The monoisotopic (exact) mass is 478 g/mol. The van der Waals surface area contributed by atoms with Crippen molar-refractivity contribution < 1.29 is 28.6 Å². The fourth-order valence-electron chi connectivity index (χ4n) is 4.67. The van der Waals surface area contributed by atoms with Crippen molar-refractivity contribution >= 4 is 5.97 Å². The minimum absolute atomic E-state index is 0.0765. The second-order valence-electron chi connectivity index (χ2n) is 8.88. The number of carboxylic acids is 1. The molecule has 182 valence electrons. The molecule has 1 aromatic heterocycles. The van der Waals surface area contributed by atoms with E-state index in [4.69, 9.17) is 14.3 Å². The van der Waals surface area contributed by atoms with Crippen LogP contribution in [0.15, 0.2) is 66.7 Å². The van der Waals surface area contributed by atoms with Crippen molar-refractivity contribution in [1.82, 2.24) is 10.0 Å². The number of hydrogen-bond donors (Lipinski definition) is 1. The molecule has 3 aromatic rings. The largest absolute Gasteiger partial charge is 0.487 e. The molecule has 0 bridgehead atoms. The predicted molar refractivity (Wildman–Crippen MR) is 125 cm³/mol. The zero-order chi connectivity index (χ0) is 24.2. The van der Waals surface area contributed by atoms with Crippen LogP contribution in [0.1, 0.15) is 49.4 Å². The van der Waals surface area contributed by atoms with Crippen LogP contribution in [-0.4, -0.2) is 27.4 Å². The lowest BCUT2D eigenvalue weighted by Gasteiger charge is -2.30. The van der Waals surface area contributed by atoms with Gasteiger partial charge in [0.2, 0.25) is 5.88 Å². The van der Waals surface area contributed by atoms with Crippen molar-refractivity contribution in [1.29, 1.82) is 0 Å². The number of halogens is 1. The Labute approximate surface area is 203 Å². The Morgan fingerprint density at radius 1 is 1.03 bits per heavy atom. The molecular formula is C27H27FN2O5.